The van der Waals surface area contributed by atoms with Gasteiger partial charge in [0.25, 0.3) is 0 Å². The van der Waals surface area contributed by atoms with Gasteiger partial charge in [-0.15, -0.1) is 0 Å². The van der Waals surface area contributed by atoms with E-state index in [0.717, 1.165) is 24.7 Å². The number of nitriles is 1. The number of alkyl halides is 3. The average Bonchev–Trinajstić information content (AvgIpc) is 3.03. The Hall–Kier alpha value is -2.75. The molecule has 2 aromatic rings. The van der Waals surface area contributed by atoms with Gasteiger partial charge in [0.2, 0.25) is 0 Å². The van der Waals surface area contributed by atoms with Crippen molar-refractivity contribution in [2.45, 2.75) is 18.6 Å². The SMILES string of the molecule is N#Cc1ccc(NC2CCN(c3cccnc3)C2)cc1C(F)(F)F. The second kappa shape index (κ2) is 6.40. The van der Waals surface area contributed by atoms with E-state index in [0.29, 0.717) is 12.2 Å². The lowest BCUT2D eigenvalue weighted by Gasteiger charge is -2.19. The van der Waals surface area contributed by atoms with E-state index in [4.69, 9.17) is 5.26 Å². The quantitative estimate of drug-likeness (QED) is 0.932. The van der Waals surface area contributed by atoms with E-state index in [1.54, 1.807) is 18.5 Å². The number of rotatable bonds is 3. The topological polar surface area (TPSA) is 52.0 Å². The third kappa shape index (κ3) is 3.43. The van der Waals surface area contributed by atoms with E-state index in [2.05, 4.69) is 15.2 Å². The molecule has 24 heavy (non-hydrogen) atoms. The van der Waals surface area contributed by atoms with Crippen LogP contribution in [-0.4, -0.2) is 24.1 Å². The number of nitrogens with one attached hydrogen (secondary N) is 1. The Labute approximate surface area is 137 Å². The molecule has 0 radical (unpaired) electrons. The maximum Gasteiger partial charge on any atom is 0.417 e. The molecule has 1 aromatic heterocycles. The Morgan fingerprint density at radius 1 is 1.29 bits per heavy atom. The highest BCUT2D eigenvalue weighted by Gasteiger charge is 2.34. The summed E-state index contributed by atoms with van der Waals surface area (Å²) >= 11 is 0. The van der Waals surface area contributed by atoms with Crippen LogP contribution >= 0.6 is 0 Å². The van der Waals surface area contributed by atoms with Crippen molar-refractivity contribution in [2.24, 2.45) is 0 Å². The van der Waals surface area contributed by atoms with Crippen molar-refractivity contribution in [2.75, 3.05) is 23.3 Å². The maximum atomic E-state index is 13.0. The van der Waals surface area contributed by atoms with E-state index >= 15 is 0 Å². The molecule has 4 nitrogen and oxygen atoms in total. The van der Waals surface area contributed by atoms with Crippen molar-refractivity contribution in [1.29, 1.82) is 5.26 Å². The molecule has 1 saturated heterocycles. The van der Waals surface area contributed by atoms with Gasteiger partial charge in [0, 0.05) is 31.0 Å². The zero-order valence-corrected chi connectivity index (χ0v) is 12.7. The number of halogens is 3. The van der Waals surface area contributed by atoms with E-state index in [1.165, 1.54) is 12.1 Å². The van der Waals surface area contributed by atoms with Gasteiger partial charge in [0.15, 0.2) is 0 Å². The number of aromatic nitrogens is 1. The number of hydrogen-bond acceptors (Lipinski definition) is 4. The summed E-state index contributed by atoms with van der Waals surface area (Å²) in [4.78, 5) is 6.22. The second-order valence-electron chi connectivity index (χ2n) is 5.66. The van der Waals surface area contributed by atoms with Crippen molar-refractivity contribution in [3.63, 3.8) is 0 Å². The van der Waals surface area contributed by atoms with Crippen LogP contribution in [0.4, 0.5) is 24.5 Å². The molecule has 0 saturated carbocycles. The number of pyridine rings is 1. The fourth-order valence-electron chi connectivity index (χ4n) is 2.86. The first-order chi connectivity index (χ1) is 11.5. The van der Waals surface area contributed by atoms with Crippen LogP contribution in [-0.2, 0) is 6.18 Å². The molecular weight excluding hydrogens is 317 g/mol. The molecule has 1 fully saturated rings. The molecule has 1 unspecified atom stereocenters. The van der Waals surface area contributed by atoms with Crippen LogP contribution in [0, 0.1) is 11.3 Å². The van der Waals surface area contributed by atoms with Gasteiger partial charge in [-0.1, -0.05) is 0 Å². The highest BCUT2D eigenvalue weighted by Crippen LogP contribution is 2.34. The zero-order chi connectivity index (χ0) is 17.2. The predicted octanol–water partition coefficient (Wildman–Crippen LogP) is 3.66. The molecule has 7 heteroatoms. The summed E-state index contributed by atoms with van der Waals surface area (Å²) in [5, 5.41) is 12.0. The Morgan fingerprint density at radius 3 is 2.79 bits per heavy atom. The van der Waals surface area contributed by atoms with Crippen molar-refractivity contribution in [1.82, 2.24) is 4.98 Å². The summed E-state index contributed by atoms with van der Waals surface area (Å²) in [6.45, 7) is 1.50. The summed E-state index contributed by atoms with van der Waals surface area (Å²) in [6, 6.07) is 9.17. The summed E-state index contributed by atoms with van der Waals surface area (Å²) in [7, 11) is 0. The molecule has 0 bridgehead atoms. The molecule has 1 aliphatic heterocycles. The summed E-state index contributed by atoms with van der Waals surface area (Å²) in [5.74, 6) is 0. The molecule has 1 atom stereocenters. The van der Waals surface area contributed by atoms with E-state index in [9.17, 15) is 13.2 Å². The summed E-state index contributed by atoms with van der Waals surface area (Å²) in [6.07, 6.45) is -0.257. The third-order valence-corrected chi connectivity index (χ3v) is 4.02. The van der Waals surface area contributed by atoms with Crippen LogP contribution in [0.1, 0.15) is 17.5 Å². The van der Waals surface area contributed by atoms with Crippen molar-refractivity contribution in [3.05, 3.63) is 53.9 Å². The first-order valence-electron chi connectivity index (χ1n) is 7.50. The largest absolute Gasteiger partial charge is 0.417 e. The lowest BCUT2D eigenvalue weighted by atomic mass is 10.1. The van der Waals surface area contributed by atoms with E-state index < -0.39 is 11.7 Å². The maximum absolute atomic E-state index is 13.0. The van der Waals surface area contributed by atoms with Gasteiger partial charge >= 0.3 is 6.18 Å². The average molecular weight is 332 g/mol. The van der Waals surface area contributed by atoms with Gasteiger partial charge in [0.05, 0.1) is 29.1 Å². The first-order valence-corrected chi connectivity index (χ1v) is 7.50. The van der Waals surface area contributed by atoms with Gasteiger partial charge in [-0.2, -0.15) is 18.4 Å². The van der Waals surface area contributed by atoms with Crippen molar-refractivity contribution < 1.29 is 13.2 Å². The molecule has 1 aromatic carbocycles. The monoisotopic (exact) mass is 332 g/mol. The summed E-state index contributed by atoms with van der Waals surface area (Å²) < 4.78 is 39.1. The first kappa shape index (κ1) is 16.1. The molecular formula is C17H15F3N4. The van der Waals surface area contributed by atoms with Crippen LogP contribution in [0.15, 0.2) is 42.7 Å². The molecule has 0 amide bonds. The van der Waals surface area contributed by atoms with Gasteiger partial charge in [-0.3, -0.25) is 4.98 Å². The Balaban J connectivity index is 1.72. The number of anilines is 2. The van der Waals surface area contributed by atoms with E-state index in [-0.39, 0.29) is 11.6 Å². The van der Waals surface area contributed by atoms with Crippen molar-refractivity contribution in [3.8, 4) is 6.07 Å². The summed E-state index contributed by atoms with van der Waals surface area (Å²) in [5.41, 5.74) is 0.102. The third-order valence-electron chi connectivity index (χ3n) is 4.02. The van der Waals surface area contributed by atoms with E-state index in [1.807, 2.05) is 12.1 Å². The zero-order valence-electron chi connectivity index (χ0n) is 12.7. The molecule has 1 N–H and O–H groups in total. The van der Waals surface area contributed by atoms with Crippen molar-refractivity contribution >= 4 is 11.4 Å². The minimum Gasteiger partial charge on any atom is -0.380 e. The Bertz CT molecular complexity index is 753. The van der Waals surface area contributed by atoms with Crippen LogP contribution < -0.4 is 10.2 Å². The molecule has 0 spiro atoms. The lowest BCUT2D eigenvalue weighted by molar-refractivity contribution is -0.137. The van der Waals surface area contributed by atoms with Crippen LogP contribution in [0.3, 0.4) is 0 Å². The normalized spacial score (nSPS) is 17.6. The van der Waals surface area contributed by atoms with Crippen LogP contribution in [0.2, 0.25) is 0 Å². The fraction of sp³-hybridized carbons (Fsp3) is 0.294. The number of hydrogen-bond donors (Lipinski definition) is 1. The van der Waals surface area contributed by atoms with Crippen LogP contribution in [0.25, 0.3) is 0 Å². The Kier molecular flexibility index (Phi) is 4.30. The minimum absolute atomic E-state index is 0.0409. The molecule has 0 aliphatic carbocycles. The molecule has 1 aliphatic rings. The Morgan fingerprint density at radius 2 is 2.12 bits per heavy atom. The van der Waals surface area contributed by atoms with Crippen LogP contribution in [0.5, 0.6) is 0 Å². The van der Waals surface area contributed by atoms with Gasteiger partial charge in [0.1, 0.15) is 0 Å². The lowest BCUT2D eigenvalue weighted by Crippen LogP contribution is -2.26. The van der Waals surface area contributed by atoms with Gasteiger partial charge < -0.3 is 10.2 Å². The number of nitrogens with zero attached hydrogens (tertiary/aromatic N) is 3. The number of benzene rings is 1. The highest BCUT2D eigenvalue weighted by atomic mass is 19.4. The fourth-order valence-corrected chi connectivity index (χ4v) is 2.86. The smallest absolute Gasteiger partial charge is 0.380 e. The molecule has 3 rings (SSSR count). The molecule has 124 valence electrons. The second-order valence-corrected chi connectivity index (χ2v) is 5.66. The highest BCUT2D eigenvalue weighted by molar-refractivity contribution is 5.54. The van der Waals surface area contributed by atoms with Gasteiger partial charge in [-0.05, 0) is 36.8 Å². The van der Waals surface area contributed by atoms with Gasteiger partial charge in [-0.25, -0.2) is 0 Å². The standard InChI is InChI=1S/C17H15F3N4/c18-17(19,20)16-8-13(4-3-12(16)9-21)23-14-5-7-24(11-14)15-2-1-6-22-10-15/h1-4,6,8,10,14,23H,5,7,11H2. The minimum atomic E-state index is -4.54. The predicted molar refractivity (Wildman–Crippen MR) is 84.6 cm³/mol. The molecule has 2 heterocycles.